The molecule has 0 aliphatic carbocycles. The SMILES string of the molecule is Cl.Cl.O=[N+]([O-])c1cccc(F)c1S(=O)(=O)NCCN1CCNCC1. The Morgan fingerprint density at radius 3 is 2.50 bits per heavy atom. The highest BCUT2D eigenvalue weighted by molar-refractivity contribution is 7.89. The molecule has 0 amide bonds. The van der Waals surface area contributed by atoms with Crippen LogP contribution in [0.5, 0.6) is 0 Å². The number of piperazine rings is 1. The highest BCUT2D eigenvalue weighted by Gasteiger charge is 2.29. The lowest BCUT2D eigenvalue weighted by molar-refractivity contribution is -0.388. The van der Waals surface area contributed by atoms with Crippen LogP contribution in [0.25, 0.3) is 0 Å². The summed E-state index contributed by atoms with van der Waals surface area (Å²) in [4.78, 5) is 11.1. The summed E-state index contributed by atoms with van der Waals surface area (Å²) in [6, 6.07) is 2.96. The zero-order valence-corrected chi connectivity index (χ0v) is 15.1. The third-order valence-corrected chi connectivity index (χ3v) is 4.87. The second-order valence-electron chi connectivity index (χ2n) is 4.83. The first-order chi connectivity index (χ1) is 10.4. The Balaban J connectivity index is 0.00000264. The minimum atomic E-state index is -4.28. The molecule has 1 aromatic rings. The Kier molecular flexibility index (Phi) is 9.63. The van der Waals surface area contributed by atoms with E-state index in [2.05, 4.69) is 14.9 Å². The van der Waals surface area contributed by atoms with E-state index in [0.29, 0.717) is 6.54 Å². The maximum Gasteiger partial charge on any atom is 0.292 e. The number of benzene rings is 1. The molecule has 1 heterocycles. The van der Waals surface area contributed by atoms with Gasteiger partial charge in [0.15, 0.2) is 4.90 Å². The number of hydrogen-bond acceptors (Lipinski definition) is 6. The van der Waals surface area contributed by atoms with Gasteiger partial charge in [0, 0.05) is 45.3 Å². The summed E-state index contributed by atoms with van der Waals surface area (Å²) in [7, 11) is -4.28. The van der Waals surface area contributed by atoms with Crippen LogP contribution in [-0.2, 0) is 10.0 Å². The average molecular weight is 405 g/mol. The van der Waals surface area contributed by atoms with Gasteiger partial charge in [-0.2, -0.15) is 0 Å². The van der Waals surface area contributed by atoms with Crippen LogP contribution in [0.15, 0.2) is 23.1 Å². The topological polar surface area (TPSA) is 105 Å². The summed E-state index contributed by atoms with van der Waals surface area (Å²) < 4.78 is 40.2. The lowest BCUT2D eigenvalue weighted by Gasteiger charge is -2.27. The molecule has 0 unspecified atom stereocenters. The molecule has 0 atom stereocenters. The summed E-state index contributed by atoms with van der Waals surface area (Å²) in [6.07, 6.45) is 0. The van der Waals surface area contributed by atoms with Crippen molar-refractivity contribution in [2.75, 3.05) is 39.3 Å². The molecule has 0 bridgehead atoms. The lowest BCUT2D eigenvalue weighted by Crippen LogP contribution is -2.46. The van der Waals surface area contributed by atoms with E-state index in [1.54, 1.807) is 0 Å². The van der Waals surface area contributed by atoms with Crippen molar-refractivity contribution in [3.63, 3.8) is 0 Å². The largest absolute Gasteiger partial charge is 0.314 e. The molecule has 1 aromatic carbocycles. The van der Waals surface area contributed by atoms with Gasteiger partial charge in [0.25, 0.3) is 5.69 Å². The quantitative estimate of drug-likeness (QED) is 0.535. The van der Waals surface area contributed by atoms with E-state index in [-0.39, 0.29) is 31.4 Å². The van der Waals surface area contributed by atoms with Gasteiger partial charge >= 0.3 is 0 Å². The number of rotatable bonds is 6. The van der Waals surface area contributed by atoms with Gasteiger partial charge in [0.1, 0.15) is 5.82 Å². The van der Waals surface area contributed by atoms with Crippen LogP contribution in [-0.4, -0.2) is 57.5 Å². The first-order valence-corrected chi connectivity index (χ1v) is 8.26. The molecule has 0 spiro atoms. The molecule has 12 heteroatoms. The maximum atomic E-state index is 13.7. The first kappa shape index (κ1) is 23.0. The summed E-state index contributed by atoms with van der Waals surface area (Å²) in [5.74, 6) is -1.14. The van der Waals surface area contributed by atoms with Gasteiger partial charge in [-0.05, 0) is 6.07 Å². The fourth-order valence-corrected chi connectivity index (χ4v) is 3.50. The number of nitro benzene ring substituents is 1. The Morgan fingerprint density at radius 2 is 1.92 bits per heavy atom. The zero-order chi connectivity index (χ0) is 16.2. The smallest absolute Gasteiger partial charge is 0.292 e. The molecule has 138 valence electrons. The van der Waals surface area contributed by atoms with Crippen molar-refractivity contribution in [2.24, 2.45) is 0 Å². The highest BCUT2D eigenvalue weighted by Crippen LogP contribution is 2.25. The standard InChI is InChI=1S/C12H17FN4O4S.2ClH/c13-10-2-1-3-11(17(18)19)12(10)22(20,21)15-6-9-16-7-4-14-5-8-16;;/h1-3,14-15H,4-9H2;2*1H. The number of sulfonamides is 1. The van der Waals surface area contributed by atoms with E-state index in [1.807, 2.05) is 0 Å². The molecular formula is C12H19Cl2FN4O4S. The Hall–Kier alpha value is -1.04. The number of nitrogens with zero attached hydrogens (tertiary/aromatic N) is 2. The van der Waals surface area contributed by atoms with Crippen LogP contribution in [0.2, 0.25) is 0 Å². The van der Waals surface area contributed by atoms with Crippen molar-refractivity contribution < 1.29 is 17.7 Å². The van der Waals surface area contributed by atoms with E-state index in [9.17, 15) is 22.9 Å². The van der Waals surface area contributed by atoms with Crippen LogP contribution in [0.3, 0.4) is 0 Å². The molecule has 1 aliphatic rings. The third kappa shape index (κ3) is 5.80. The fraction of sp³-hybridized carbons (Fsp3) is 0.500. The second kappa shape index (κ2) is 10.1. The van der Waals surface area contributed by atoms with Gasteiger partial charge in [-0.3, -0.25) is 15.0 Å². The molecule has 1 saturated heterocycles. The Labute approximate surface area is 151 Å². The molecule has 2 rings (SSSR count). The molecule has 8 nitrogen and oxygen atoms in total. The van der Waals surface area contributed by atoms with E-state index in [1.165, 1.54) is 0 Å². The monoisotopic (exact) mass is 404 g/mol. The highest BCUT2D eigenvalue weighted by atomic mass is 35.5. The van der Waals surface area contributed by atoms with Crippen LogP contribution >= 0.6 is 24.8 Å². The summed E-state index contributed by atoms with van der Waals surface area (Å²) in [6.45, 7) is 3.76. The number of hydrogen-bond donors (Lipinski definition) is 2. The number of nitrogens with one attached hydrogen (secondary N) is 2. The van der Waals surface area contributed by atoms with Crippen molar-refractivity contribution in [3.8, 4) is 0 Å². The van der Waals surface area contributed by atoms with Crippen molar-refractivity contribution in [1.29, 1.82) is 0 Å². The predicted molar refractivity (Wildman–Crippen MR) is 92.0 cm³/mol. The molecule has 0 aromatic heterocycles. The normalized spacial score (nSPS) is 15.2. The minimum absolute atomic E-state index is 0. The third-order valence-electron chi connectivity index (χ3n) is 3.34. The van der Waals surface area contributed by atoms with Gasteiger partial charge in [-0.1, -0.05) is 6.07 Å². The fourth-order valence-electron chi connectivity index (χ4n) is 2.25. The second-order valence-corrected chi connectivity index (χ2v) is 6.54. The Bertz CT molecular complexity index is 656. The molecule has 1 fully saturated rings. The van der Waals surface area contributed by atoms with Crippen LogP contribution < -0.4 is 10.0 Å². The van der Waals surface area contributed by atoms with E-state index in [0.717, 1.165) is 44.4 Å². The molecular weight excluding hydrogens is 386 g/mol. The number of nitro groups is 1. The van der Waals surface area contributed by atoms with Gasteiger partial charge in [0.05, 0.1) is 4.92 Å². The van der Waals surface area contributed by atoms with Gasteiger partial charge in [-0.15, -0.1) is 24.8 Å². The van der Waals surface area contributed by atoms with E-state index < -0.39 is 31.3 Å². The van der Waals surface area contributed by atoms with Crippen molar-refractivity contribution in [1.82, 2.24) is 14.9 Å². The zero-order valence-electron chi connectivity index (χ0n) is 12.6. The van der Waals surface area contributed by atoms with Crippen molar-refractivity contribution in [2.45, 2.75) is 4.90 Å². The summed E-state index contributed by atoms with van der Waals surface area (Å²) in [5, 5.41) is 14.0. The van der Waals surface area contributed by atoms with Crippen LogP contribution in [0, 0.1) is 15.9 Å². The molecule has 24 heavy (non-hydrogen) atoms. The van der Waals surface area contributed by atoms with Crippen LogP contribution in [0.4, 0.5) is 10.1 Å². The lowest BCUT2D eigenvalue weighted by atomic mass is 10.3. The first-order valence-electron chi connectivity index (χ1n) is 6.77. The van der Waals surface area contributed by atoms with Gasteiger partial charge in [-0.25, -0.2) is 17.5 Å². The van der Waals surface area contributed by atoms with E-state index in [4.69, 9.17) is 0 Å². The molecule has 0 saturated carbocycles. The van der Waals surface area contributed by atoms with Crippen molar-refractivity contribution in [3.05, 3.63) is 34.1 Å². The van der Waals surface area contributed by atoms with Gasteiger partial charge < -0.3 is 5.32 Å². The number of halogens is 3. The van der Waals surface area contributed by atoms with Gasteiger partial charge in [0.2, 0.25) is 10.0 Å². The van der Waals surface area contributed by atoms with Crippen LogP contribution in [0.1, 0.15) is 0 Å². The minimum Gasteiger partial charge on any atom is -0.314 e. The molecule has 0 radical (unpaired) electrons. The summed E-state index contributed by atoms with van der Waals surface area (Å²) in [5.41, 5.74) is -0.769. The van der Waals surface area contributed by atoms with E-state index >= 15 is 0 Å². The average Bonchev–Trinajstić information content (AvgIpc) is 2.47. The predicted octanol–water partition coefficient (Wildman–Crippen LogP) is 0.761. The van der Waals surface area contributed by atoms with Crippen molar-refractivity contribution >= 4 is 40.5 Å². The summed E-state index contributed by atoms with van der Waals surface area (Å²) >= 11 is 0. The molecule has 1 aliphatic heterocycles. The molecule has 2 N–H and O–H groups in total. The maximum absolute atomic E-state index is 13.7. The Morgan fingerprint density at radius 1 is 1.29 bits per heavy atom.